The predicted octanol–water partition coefficient (Wildman–Crippen LogP) is 1.62. The highest BCUT2D eigenvalue weighted by Crippen LogP contribution is 2.37. The first-order chi connectivity index (χ1) is 20.5. The van der Waals surface area contributed by atoms with Gasteiger partial charge in [-0.1, -0.05) is 24.3 Å². The maximum atomic E-state index is 13.3. The van der Waals surface area contributed by atoms with E-state index < -0.39 is 37.8 Å². The molecule has 1 aromatic heterocycles. The number of hydrogen-bond acceptors (Lipinski definition) is 10. The lowest BCUT2D eigenvalue weighted by molar-refractivity contribution is -0.0312. The second-order valence-corrected chi connectivity index (χ2v) is 14.4. The van der Waals surface area contributed by atoms with Crippen molar-refractivity contribution in [2.45, 2.75) is 46.8 Å². The SMILES string of the molecule is CNS(=O)(=O)c1cccc(OCC(O)COC(=O)N[C@H]2COC3(CCN(S(=O)(=O)c4cnc5ccccc5c4)CC3)C2)c1. The lowest BCUT2D eigenvalue weighted by Gasteiger charge is -2.37. The number of rotatable bonds is 10. The molecule has 0 aliphatic carbocycles. The molecule has 0 bridgehead atoms. The van der Waals surface area contributed by atoms with E-state index in [9.17, 15) is 26.7 Å². The molecule has 2 atom stereocenters. The van der Waals surface area contributed by atoms with Gasteiger partial charge in [-0.25, -0.2) is 26.4 Å². The van der Waals surface area contributed by atoms with Crippen LogP contribution in [0.2, 0.25) is 0 Å². The van der Waals surface area contributed by atoms with Crippen molar-refractivity contribution in [1.29, 1.82) is 0 Å². The van der Waals surface area contributed by atoms with Crippen molar-refractivity contribution in [3.63, 3.8) is 0 Å². The number of amides is 1. The summed E-state index contributed by atoms with van der Waals surface area (Å²) in [6.07, 6.45) is 0.977. The Bertz CT molecular complexity index is 1680. The smallest absolute Gasteiger partial charge is 0.407 e. The number of alkyl carbamates (subject to hydrolysis) is 1. The molecule has 232 valence electrons. The summed E-state index contributed by atoms with van der Waals surface area (Å²) in [6.45, 7) is 0.259. The van der Waals surface area contributed by atoms with Crippen LogP contribution in [0.1, 0.15) is 19.3 Å². The van der Waals surface area contributed by atoms with Crippen LogP contribution >= 0.6 is 0 Å². The molecule has 3 heterocycles. The van der Waals surface area contributed by atoms with Gasteiger partial charge in [0.05, 0.1) is 28.7 Å². The zero-order valence-electron chi connectivity index (χ0n) is 23.5. The van der Waals surface area contributed by atoms with Gasteiger partial charge in [0.25, 0.3) is 0 Å². The van der Waals surface area contributed by atoms with E-state index in [1.165, 1.54) is 35.7 Å². The number of fused-ring (bicyclic) bond motifs is 1. The highest BCUT2D eigenvalue weighted by molar-refractivity contribution is 7.89. The van der Waals surface area contributed by atoms with Gasteiger partial charge in [-0.05, 0) is 50.6 Å². The first-order valence-electron chi connectivity index (χ1n) is 13.8. The average Bonchev–Trinajstić information content (AvgIpc) is 3.40. The molecule has 0 saturated carbocycles. The second-order valence-electron chi connectivity index (χ2n) is 10.6. The van der Waals surface area contributed by atoms with Gasteiger partial charge in [-0.2, -0.15) is 4.31 Å². The van der Waals surface area contributed by atoms with Crippen molar-refractivity contribution in [3.05, 3.63) is 60.8 Å². The third kappa shape index (κ3) is 7.25. The summed E-state index contributed by atoms with van der Waals surface area (Å²) >= 11 is 0. The number of aromatic nitrogens is 1. The first-order valence-corrected chi connectivity index (χ1v) is 16.7. The number of aliphatic hydroxyl groups is 1. The van der Waals surface area contributed by atoms with Crippen molar-refractivity contribution >= 4 is 37.0 Å². The van der Waals surface area contributed by atoms with Crippen LogP contribution in [0.25, 0.3) is 10.9 Å². The minimum atomic E-state index is -3.72. The van der Waals surface area contributed by atoms with E-state index in [4.69, 9.17) is 14.2 Å². The predicted molar refractivity (Wildman–Crippen MR) is 155 cm³/mol. The molecular formula is C28H34N4O9S2. The Hall–Kier alpha value is -3.34. The second kappa shape index (κ2) is 12.7. The van der Waals surface area contributed by atoms with Crippen LogP contribution in [-0.2, 0) is 29.5 Å². The molecule has 2 aliphatic rings. The van der Waals surface area contributed by atoms with Gasteiger partial charge < -0.3 is 24.6 Å². The van der Waals surface area contributed by atoms with Gasteiger partial charge in [0.15, 0.2) is 0 Å². The number of pyridine rings is 1. The first kappa shape index (κ1) is 31.1. The molecule has 15 heteroatoms. The van der Waals surface area contributed by atoms with E-state index in [0.29, 0.717) is 19.3 Å². The molecule has 1 spiro atoms. The summed E-state index contributed by atoms with van der Waals surface area (Å²) in [6, 6.07) is 14.4. The number of sulfonamides is 2. The zero-order chi connectivity index (χ0) is 30.7. The lowest BCUT2D eigenvalue weighted by Crippen LogP contribution is -2.47. The minimum Gasteiger partial charge on any atom is -0.491 e. The molecule has 0 radical (unpaired) electrons. The van der Waals surface area contributed by atoms with Gasteiger partial charge in [0, 0.05) is 30.7 Å². The zero-order valence-corrected chi connectivity index (χ0v) is 25.1. The molecule has 2 aliphatic heterocycles. The monoisotopic (exact) mass is 634 g/mol. The Morgan fingerprint density at radius 3 is 2.63 bits per heavy atom. The highest BCUT2D eigenvalue weighted by atomic mass is 32.2. The fourth-order valence-corrected chi connectivity index (χ4v) is 7.42. The number of ether oxygens (including phenoxy) is 3. The maximum absolute atomic E-state index is 13.3. The largest absolute Gasteiger partial charge is 0.491 e. The van der Waals surface area contributed by atoms with Gasteiger partial charge in [-0.3, -0.25) is 4.98 Å². The van der Waals surface area contributed by atoms with E-state index in [1.807, 2.05) is 24.3 Å². The molecule has 1 amide bonds. The van der Waals surface area contributed by atoms with Crippen LogP contribution in [0.5, 0.6) is 5.75 Å². The summed E-state index contributed by atoms with van der Waals surface area (Å²) in [5.41, 5.74) is 0.178. The van der Waals surface area contributed by atoms with Gasteiger partial charge >= 0.3 is 6.09 Å². The van der Waals surface area contributed by atoms with Gasteiger partial charge in [0.1, 0.15) is 30.0 Å². The topological polar surface area (TPSA) is 173 Å². The summed E-state index contributed by atoms with van der Waals surface area (Å²) in [4.78, 5) is 16.8. The highest BCUT2D eigenvalue weighted by Gasteiger charge is 2.45. The Morgan fingerprint density at radius 1 is 1.09 bits per heavy atom. The Morgan fingerprint density at radius 2 is 1.86 bits per heavy atom. The number of nitrogens with zero attached hydrogens (tertiary/aromatic N) is 2. The standard InChI is InChI=1S/C28H34N4O9S2/c1-29-42(35,36)24-7-4-6-23(14-24)39-18-22(33)19-40-27(34)31-21-15-28(41-17-21)9-11-32(12-10-28)43(37,38)25-13-20-5-2-3-8-26(20)30-16-25/h2-8,13-14,16,21-22,29,33H,9-12,15,17-19H2,1H3,(H,31,34)/t21-,22?/m1/s1. The third-order valence-electron chi connectivity index (χ3n) is 7.60. The number of nitrogens with one attached hydrogen (secondary N) is 2. The summed E-state index contributed by atoms with van der Waals surface area (Å²) in [7, 11) is -6.06. The molecular weight excluding hydrogens is 600 g/mol. The summed E-state index contributed by atoms with van der Waals surface area (Å²) in [5, 5.41) is 13.7. The van der Waals surface area contributed by atoms with E-state index >= 15 is 0 Å². The number of hydrogen-bond donors (Lipinski definition) is 3. The van der Waals surface area contributed by atoms with Crippen LogP contribution < -0.4 is 14.8 Å². The molecule has 2 aromatic carbocycles. The number of benzene rings is 2. The maximum Gasteiger partial charge on any atom is 0.407 e. The van der Waals surface area contributed by atoms with Crippen LogP contribution in [-0.4, -0.2) is 95.0 Å². The van der Waals surface area contributed by atoms with E-state index in [-0.39, 0.29) is 54.5 Å². The lowest BCUT2D eigenvalue weighted by atomic mass is 9.88. The van der Waals surface area contributed by atoms with E-state index in [0.717, 1.165) is 10.9 Å². The fourth-order valence-electron chi connectivity index (χ4n) is 5.23. The van der Waals surface area contributed by atoms with E-state index in [2.05, 4.69) is 15.0 Å². The fraction of sp³-hybridized carbons (Fsp3) is 0.429. The molecule has 1 unspecified atom stereocenters. The summed E-state index contributed by atoms with van der Waals surface area (Å²) in [5.74, 6) is 0.237. The molecule has 5 rings (SSSR count). The van der Waals surface area contributed by atoms with Crippen molar-refractivity contribution in [1.82, 2.24) is 19.3 Å². The van der Waals surface area contributed by atoms with Crippen molar-refractivity contribution in [3.8, 4) is 5.75 Å². The Balaban J connectivity index is 1.06. The quantitative estimate of drug-likeness (QED) is 0.297. The Labute approximate surface area is 250 Å². The normalized spacial score (nSPS) is 19.7. The van der Waals surface area contributed by atoms with Crippen LogP contribution in [0.4, 0.5) is 4.79 Å². The molecule has 2 fully saturated rings. The number of carbonyl (C=O) groups excluding carboxylic acids is 1. The van der Waals surface area contributed by atoms with Crippen molar-refractivity contribution < 1.29 is 40.9 Å². The molecule has 2 saturated heterocycles. The Kier molecular flexibility index (Phi) is 9.20. The number of carbonyl (C=O) groups is 1. The number of aliphatic hydroxyl groups excluding tert-OH is 1. The van der Waals surface area contributed by atoms with Crippen molar-refractivity contribution in [2.24, 2.45) is 0 Å². The molecule has 43 heavy (non-hydrogen) atoms. The van der Waals surface area contributed by atoms with E-state index in [1.54, 1.807) is 12.1 Å². The molecule has 3 aromatic rings. The molecule has 13 nitrogen and oxygen atoms in total. The number of para-hydroxylation sites is 1. The minimum absolute atomic E-state index is 0.0173. The van der Waals surface area contributed by atoms with Crippen molar-refractivity contribution in [2.75, 3.05) is 40.0 Å². The summed E-state index contributed by atoms with van der Waals surface area (Å²) < 4.78 is 70.7. The van der Waals surface area contributed by atoms with Gasteiger partial charge in [-0.15, -0.1) is 0 Å². The van der Waals surface area contributed by atoms with Crippen LogP contribution in [0.15, 0.2) is 70.6 Å². The van der Waals surface area contributed by atoms with Gasteiger partial charge in [0.2, 0.25) is 20.0 Å². The molecule has 3 N–H and O–H groups in total. The number of piperidine rings is 1. The van der Waals surface area contributed by atoms with Crippen LogP contribution in [0.3, 0.4) is 0 Å². The van der Waals surface area contributed by atoms with Crippen LogP contribution in [0, 0.1) is 0 Å². The third-order valence-corrected chi connectivity index (χ3v) is 10.9. The average molecular weight is 635 g/mol.